The van der Waals surface area contributed by atoms with Gasteiger partial charge in [-0.15, -0.1) is 0 Å². The van der Waals surface area contributed by atoms with Gasteiger partial charge in [-0.2, -0.15) is 4.98 Å². The number of aromatic nitrogens is 2. The van der Waals surface area contributed by atoms with Gasteiger partial charge in [-0.05, 0) is 89.7 Å². The minimum atomic E-state index is -0.229. The number of likely N-dealkylation sites (tertiary alicyclic amines) is 1. The van der Waals surface area contributed by atoms with Crippen molar-refractivity contribution in [3.05, 3.63) is 30.0 Å². The molecular formula is C31H45N7O3. The largest absolute Gasteiger partial charge is 0.495 e. The number of rotatable bonds is 9. The molecule has 0 spiro atoms. The van der Waals surface area contributed by atoms with Crippen LogP contribution in [0, 0.1) is 5.92 Å². The van der Waals surface area contributed by atoms with Crippen LogP contribution in [0.1, 0.15) is 75.6 Å². The van der Waals surface area contributed by atoms with Gasteiger partial charge in [-0.3, -0.25) is 9.59 Å². The normalized spacial score (nSPS) is 21.1. The van der Waals surface area contributed by atoms with Crippen molar-refractivity contribution in [1.82, 2.24) is 20.2 Å². The van der Waals surface area contributed by atoms with E-state index in [4.69, 9.17) is 9.72 Å². The fraction of sp³-hybridized carbons (Fsp3) is 0.613. The van der Waals surface area contributed by atoms with Crippen molar-refractivity contribution in [3.8, 4) is 5.75 Å². The number of carbonyl (C=O) groups excluding carboxylic acids is 2. The van der Waals surface area contributed by atoms with Crippen molar-refractivity contribution in [3.63, 3.8) is 0 Å². The molecule has 2 N–H and O–H groups in total. The Bertz CT molecular complexity index is 1240. The zero-order valence-electron chi connectivity index (χ0n) is 25.2. The quantitative estimate of drug-likeness (QED) is 0.457. The number of piperidine rings is 1. The lowest BCUT2D eigenvalue weighted by molar-refractivity contribution is -0.120. The lowest BCUT2D eigenvalue weighted by Gasteiger charge is -2.43. The summed E-state index contributed by atoms with van der Waals surface area (Å²) in [6.45, 7) is 6.39. The Labute approximate surface area is 243 Å². The molecule has 10 nitrogen and oxygen atoms in total. The van der Waals surface area contributed by atoms with E-state index in [9.17, 15) is 9.59 Å². The molecule has 1 saturated heterocycles. The lowest BCUT2D eigenvalue weighted by Crippen LogP contribution is -2.55. The number of hydrogen-bond donors (Lipinski definition) is 2. The average Bonchev–Trinajstić information content (AvgIpc) is 3.50. The number of likely N-dealkylation sites (N-methyl/N-ethyl adjacent to an activating group) is 1. The number of nitrogens with one attached hydrogen (secondary N) is 2. The molecule has 2 aliphatic heterocycles. The molecule has 41 heavy (non-hydrogen) atoms. The maximum absolute atomic E-state index is 13.2. The second-order valence-corrected chi connectivity index (χ2v) is 12.0. The molecule has 1 aliphatic carbocycles. The second-order valence-electron chi connectivity index (χ2n) is 12.0. The van der Waals surface area contributed by atoms with Gasteiger partial charge >= 0.3 is 0 Å². The summed E-state index contributed by atoms with van der Waals surface area (Å²) in [5.74, 6) is 2.38. The molecule has 5 rings (SSSR count). The molecule has 1 aromatic heterocycles. The first-order valence-electron chi connectivity index (χ1n) is 15.2. The van der Waals surface area contributed by atoms with Gasteiger partial charge in [0.25, 0.3) is 5.91 Å². The van der Waals surface area contributed by atoms with E-state index in [1.165, 1.54) is 25.7 Å². The van der Waals surface area contributed by atoms with Crippen LogP contribution in [-0.2, 0) is 4.79 Å². The van der Waals surface area contributed by atoms with E-state index < -0.39 is 0 Å². The van der Waals surface area contributed by atoms with E-state index in [0.717, 1.165) is 50.3 Å². The van der Waals surface area contributed by atoms with Crippen molar-refractivity contribution in [2.24, 2.45) is 5.92 Å². The highest BCUT2D eigenvalue weighted by molar-refractivity contribution is 6.04. The molecule has 2 aromatic rings. The monoisotopic (exact) mass is 563 g/mol. The molecule has 10 heteroatoms. The van der Waals surface area contributed by atoms with Gasteiger partial charge in [-0.25, -0.2) is 4.98 Å². The Morgan fingerprint density at radius 1 is 1.15 bits per heavy atom. The third kappa shape index (κ3) is 6.27. The molecule has 0 bridgehead atoms. The number of nitrogens with zero attached hydrogens (tertiary/aromatic N) is 5. The number of fused-ring (bicyclic) bond motifs is 1. The predicted molar refractivity (Wildman–Crippen MR) is 162 cm³/mol. The zero-order chi connectivity index (χ0) is 29.1. The highest BCUT2D eigenvalue weighted by Crippen LogP contribution is 2.40. The maximum atomic E-state index is 13.2. The first kappa shape index (κ1) is 29.1. The van der Waals surface area contributed by atoms with Crippen LogP contribution < -0.4 is 25.2 Å². The summed E-state index contributed by atoms with van der Waals surface area (Å²) in [7, 11) is 5.55. The SMILES string of the molecule is CCC1C(=O)N(C)c2cnc(Nc3ccc(C(=O)NC(C)CC4CCN(C)CC4)cc3OC)nc2N1C1CCCC1. The molecule has 0 radical (unpaired) electrons. The minimum absolute atomic E-state index is 0.0902. The van der Waals surface area contributed by atoms with Crippen molar-refractivity contribution < 1.29 is 14.3 Å². The summed E-state index contributed by atoms with van der Waals surface area (Å²) < 4.78 is 5.66. The van der Waals surface area contributed by atoms with Crippen molar-refractivity contribution in [2.45, 2.75) is 83.3 Å². The van der Waals surface area contributed by atoms with E-state index >= 15 is 0 Å². The Hall–Kier alpha value is -3.40. The van der Waals surface area contributed by atoms with Crippen molar-refractivity contribution in [1.29, 1.82) is 0 Å². The summed E-state index contributed by atoms with van der Waals surface area (Å²) in [5, 5.41) is 6.46. The van der Waals surface area contributed by atoms with Gasteiger partial charge in [0, 0.05) is 24.7 Å². The predicted octanol–water partition coefficient (Wildman–Crippen LogP) is 4.58. The Balaban J connectivity index is 1.31. The van der Waals surface area contributed by atoms with Crippen LogP contribution in [0.15, 0.2) is 24.4 Å². The molecule has 222 valence electrons. The number of methoxy groups -OCH3 is 1. The van der Waals surface area contributed by atoms with Gasteiger partial charge in [0.1, 0.15) is 17.5 Å². The Morgan fingerprint density at radius 2 is 1.88 bits per heavy atom. The zero-order valence-corrected chi connectivity index (χ0v) is 25.2. The first-order chi connectivity index (χ1) is 19.8. The highest BCUT2D eigenvalue weighted by Gasteiger charge is 2.41. The topological polar surface area (TPSA) is 103 Å². The first-order valence-corrected chi connectivity index (χ1v) is 15.2. The molecular weight excluding hydrogens is 518 g/mol. The maximum Gasteiger partial charge on any atom is 0.251 e. The third-order valence-electron chi connectivity index (χ3n) is 9.02. The van der Waals surface area contributed by atoms with Crippen molar-refractivity contribution in [2.75, 3.05) is 49.4 Å². The molecule has 2 atom stereocenters. The van der Waals surface area contributed by atoms with Crippen LogP contribution in [0.4, 0.5) is 23.1 Å². The average molecular weight is 564 g/mol. The molecule has 2 unspecified atom stereocenters. The number of ether oxygens (including phenoxy) is 1. The smallest absolute Gasteiger partial charge is 0.251 e. The summed E-state index contributed by atoms with van der Waals surface area (Å²) in [4.78, 5) is 42.0. The van der Waals surface area contributed by atoms with Gasteiger partial charge in [0.05, 0.1) is 19.0 Å². The van der Waals surface area contributed by atoms with Gasteiger partial charge in [0.15, 0.2) is 5.82 Å². The number of hydrogen-bond acceptors (Lipinski definition) is 8. The third-order valence-corrected chi connectivity index (χ3v) is 9.02. The molecule has 1 aromatic carbocycles. The summed E-state index contributed by atoms with van der Waals surface area (Å²) in [5.41, 5.74) is 1.95. The minimum Gasteiger partial charge on any atom is -0.495 e. The van der Waals surface area contributed by atoms with Crippen LogP contribution in [0.3, 0.4) is 0 Å². The molecule has 1 saturated carbocycles. The van der Waals surface area contributed by atoms with Crippen molar-refractivity contribution >= 4 is 35.0 Å². The summed E-state index contributed by atoms with van der Waals surface area (Å²) >= 11 is 0. The Morgan fingerprint density at radius 3 is 2.56 bits per heavy atom. The number of carbonyl (C=O) groups is 2. The van der Waals surface area contributed by atoms with Gasteiger partial charge in [0.2, 0.25) is 11.9 Å². The van der Waals surface area contributed by atoms with Crippen LogP contribution in [0.25, 0.3) is 0 Å². The van der Waals surface area contributed by atoms with E-state index in [0.29, 0.717) is 34.9 Å². The molecule has 2 fully saturated rings. The lowest BCUT2D eigenvalue weighted by atomic mass is 9.91. The van der Waals surface area contributed by atoms with E-state index in [-0.39, 0.29) is 23.9 Å². The van der Waals surface area contributed by atoms with E-state index in [1.54, 1.807) is 37.4 Å². The van der Waals surface area contributed by atoms with Crippen LogP contribution in [0.5, 0.6) is 5.75 Å². The Kier molecular flexibility index (Phi) is 8.97. The highest BCUT2D eigenvalue weighted by atomic mass is 16.5. The van der Waals surface area contributed by atoms with Crippen LogP contribution in [-0.4, -0.2) is 79.1 Å². The molecule has 3 aliphatic rings. The number of amides is 2. The van der Waals surface area contributed by atoms with Crippen LogP contribution >= 0.6 is 0 Å². The van der Waals surface area contributed by atoms with E-state index in [2.05, 4.69) is 46.3 Å². The van der Waals surface area contributed by atoms with Gasteiger partial charge < -0.3 is 30.1 Å². The fourth-order valence-corrected chi connectivity index (χ4v) is 6.66. The molecule has 3 heterocycles. The standard InChI is InChI=1S/C31H45N7O3/c1-6-25-30(40)37(4)26-19-32-31(35-28(26)38(25)23-9-7-8-10-23)34-24-12-11-22(18-27(24)41-5)29(39)33-20(2)17-21-13-15-36(3)16-14-21/h11-12,18-21,23,25H,6-10,13-17H2,1-5H3,(H,33,39)(H,32,34,35). The molecule has 2 amide bonds. The number of benzene rings is 1. The fourth-order valence-electron chi connectivity index (χ4n) is 6.66. The number of anilines is 4. The second kappa shape index (κ2) is 12.6. The summed E-state index contributed by atoms with van der Waals surface area (Å²) in [6, 6.07) is 5.55. The van der Waals surface area contributed by atoms with Crippen LogP contribution in [0.2, 0.25) is 0 Å². The van der Waals surface area contributed by atoms with E-state index in [1.807, 2.05) is 6.07 Å². The van der Waals surface area contributed by atoms with Gasteiger partial charge in [-0.1, -0.05) is 19.8 Å². The summed E-state index contributed by atoms with van der Waals surface area (Å²) in [6.07, 6.45) is 10.3.